The summed E-state index contributed by atoms with van der Waals surface area (Å²) in [6.45, 7) is 6.43. The van der Waals surface area contributed by atoms with Crippen molar-refractivity contribution in [1.29, 1.82) is 0 Å². The van der Waals surface area contributed by atoms with Gasteiger partial charge in [-0.3, -0.25) is 0 Å². The Morgan fingerprint density at radius 2 is 2.00 bits per heavy atom. The van der Waals surface area contributed by atoms with Crippen LogP contribution in [-0.2, 0) is 5.41 Å². The maximum absolute atomic E-state index is 6.09. The van der Waals surface area contributed by atoms with E-state index in [0.29, 0.717) is 0 Å². The molecule has 0 aliphatic carbocycles. The fraction of sp³-hybridized carbons (Fsp3) is 0.556. The lowest BCUT2D eigenvalue weighted by Gasteiger charge is -2.16. The molecule has 1 aromatic rings. The molecule has 1 aromatic heterocycles. The lowest BCUT2D eigenvalue weighted by atomic mass is 9.95. The van der Waals surface area contributed by atoms with Gasteiger partial charge in [0.15, 0.2) is 0 Å². The summed E-state index contributed by atoms with van der Waals surface area (Å²) in [6.07, 6.45) is 0. The van der Waals surface area contributed by atoms with E-state index in [1.54, 1.807) is 18.4 Å². The molecule has 68 valence electrons. The zero-order valence-electron chi connectivity index (χ0n) is 7.77. The van der Waals surface area contributed by atoms with E-state index in [1.807, 2.05) is 5.38 Å². The highest BCUT2D eigenvalue weighted by atomic mass is 35.5. The van der Waals surface area contributed by atoms with Crippen LogP contribution < -0.4 is 4.74 Å². The van der Waals surface area contributed by atoms with Gasteiger partial charge in [0.05, 0.1) is 12.1 Å². The number of hydrogen-bond acceptors (Lipinski definition) is 2. The number of halogens is 1. The van der Waals surface area contributed by atoms with Crippen LogP contribution in [0.2, 0.25) is 5.02 Å². The third-order valence-corrected chi connectivity index (χ3v) is 3.47. The molecular weight excluding hydrogens is 192 g/mol. The number of methoxy groups -OCH3 is 1. The van der Waals surface area contributed by atoms with Crippen molar-refractivity contribution in [3.8, 4) is 5.75 Å². The second kappa shape index (κ2) is 3.27. The van der Waals surface area contributed by atoms with Gasteiger partial charge in [0.25, 0.3) is 0 Å². The molecule has 0 spiro atoms. The van der Waals surface area contributed by atoms with Gasteiger partial charge in [-0.1, -0.05) is 32.4 Å². The normalized spacial score (nSPS) is 11.8. The molecule has 0 aliphatic heterocycles. The largest absolute Gasteiger partial charge is 0.494 e. The van der Waals surface area contributed by atoms with Crippen LogP contribution in [0.1, 0.15) is 25.6 Å². The minimum Gasteiger partial charge on any atom is -0.494 e. The van der Waals surface area contributed by atoms with E-state index in [0.717, 1.165) is 10.8 Å². The summed E-state index contributed by atoms with van der Waals surface area (Å²) in [6, 6.07) is 0. The van der Waals surface area contributed by atoms with Gasteiger partial charge in [0.1, 0.15) is 5.75 Å². The van der Waals surface area contributed by atoms with Crippen LogP contribution in [0.15, 0.2) is 5.38 Å². The van der Waals surface area contributed by atoms with E-state index in [-0.39, 0.29) is 5.41 Å². The smallest absolute Gasteiger partial charge is 0.148 e. The molecule has 0 unspecified atom stereocenters. The van der Waals surface area contributed by atoms with Gasteiger partial charge in [-0.15, -0.1) is 11.3 Å². The highest BCUT2D eigenvalue weighted by molar-refractivity contribution is 7.11. The zero-order chi connectivity index (χ0) is 9.35. The second-order valence-corrected chi connectivity index (χ2v) is 4.95. The average molecular weight is 205 g/mol. The number of hydrogen-bond donors (Lipinski definition) is 0. The average Bonchev–Trinajstić information content (AvgIpc) is 2.29. The third-order valence-electron chi connectivity index (χ3n) is 1.60. The van der Waals surface area contributed by atoms with Crippen molar-refractivity contribution in [2.45, 2.75) is 26.2 Å². The molecule has 0 atom stereocenters. The van der Waals surface area contributed by atoms with Gasteiger partial charge in [-0.2, -0.15) is 0 Å². The van der Waals surface area contributed by atoms with Gasteiger partial charge in [-0.25, -0.2) is 0 Å². The molecule has 1 nitrogen and oxygen atoms in total. The summed E-state index contributed by atoms with van der Waals surface area (Å²) in [7, 11) is 1.64. The van der Waals surface area contributed by atoms with Crippen molar-refractivity contribution in [2.24, 2.45) is 0 Å². The first-order chi connectivity index (χ1) is 5.46. The first-order valence-electron chi connectivity index (χ1n) is 3.78. The summed E-state index contributed by atoms with van der Waals surface area (Å²) >= 11 is 7.75. The minimum atomic E-state index is 0.110. The summed E-state index contributed by atoms with van der Waals surface area (Å²) in [4.78, 5) is 1.18. The maximum Gasteiger partial charge on any atom is 0.148 e. The molecule has 0 radical (unpaired) electrons. The van der Waals surface area contributed by atoms with E-state index < -0.39 is 0 Å². The Kier molecular flexibility index (Phi) is 2.69. The molecule has 0 bridgehead atoms. The van der Waals surface area contributed by atoms with Gasteiger partial charge in [-0.05, 0) is 5.41 Å². The predicted molar refractivity (Wildman–Crippen MR) is 54.6 cm³/mol. The molecule has 1 heterocycles. The van der Waals surface area contributed by atoms with E-state index in [1.165, 1.54) is 4.88 Å². The van der Waals surface area contributed by atoms with Crippen molar-refractivity contribution in [1.82, 2.24) is 0 Å². The van der Waals surface area contributed by atoms with Gasteiger partial charge >= 0.3 is 0 Å². The summed E-state index contributed by atoms with van der Waals surface area (Å²) in [5, 5.41) is 2.71. The number of rotatable bonds is 1. The van der Waals surface area contributed by atoms with Crippen LogP contribution in [0.25, 0.3) is 0 Å². The van der Waals surface area contributed by atoms with Crippen molar-refractivity contribution < 1.29 is 4.74 Å². The Labute approximate surface area is 82.3 Å². The van der Waals surface area contributed by atoms with Crippen molar-refractivity contribution in [3.05, 3.63) is 15.3 Å². The molecular formula is C9H13ClOS. The second-order valence-electron chi connectivity index (χ2n) is 3.70. The lowest BCUT2D eigenvalue weighted by molar-refractivity contribution is 0.416. The lowest BCUT2D eigenvalue weighted by Crippen LogP contribution is -2.08. The highest BCUT2D eigenvalue weighted by Gasteiger charge is 2.21. The Morgan fingerprint density at radius 1 is 1.42 bits per heavy atom. The Balaban J connectivity index is 3.11. The van der Waals surface area contributed by atoms with Crippen molar-refractivity contribution in [3.63, 3.8) is 0 Å². The highest BCUT2D eigenvalue weighted by Crippen LogP contribution is 2.40. The number of thiophene rings is 1. The topological polar surface area (TPSA) is 9.23 Å². The molecule has 0 aliphatic rings. The molecule has 1 rings (SSSR count). The van der Waals surface area contributed by atoms with E-state index in [4.69, 9.17) is 16.3 Å². The first kappa shape index (κ1) is 9.87. The van der Waals surface area contributed by atoms with Crippen LogP contribution in [0.5, 0.6) is 5.75 Å². The van der Waals surface area contributed by atoms with Crippen LogP contribution in [0.4, 0.5) is 0 Å². The predicted octanol–water partition coefficient (Wildman–Crippen LogP) is 3.71. The van der Waals surface area contributed by atoms with Crippen molar-refractivity contribution >= 4 is 22.9 Å². The van der Waals surface area contributed by atoms with Crippen molar-refractivity contribution in [2.75, 3.05) is 7.11 Å². The molecule has 12 heavy (non-hydrogen) atoms. The van der Waals surface area contributed by atoms with E-state index >= 15 is 0 Å². The van der Waals surface area contributed by atoms with Crippen LogP contribution in [0.3, 0.4) is 0 Å². The molecule has 0 saturated carbocycles. The molecule has 0 N–H and O–H groups in total. The Bertz CT molecular complexity index is 273. The maximum atomic E-state index is 6.09. The monoisotopic (exact) mass is 204 g/mol. The third kappa shape index (κ3) is 1.75. The molecule has 0 amide bonds. The molecule has 0 fully saturated rings. The summed E-state index contributed by atoms with van der Waals surface area (Å²) < 4.78 is 5.10. The quantitative estimate of drug-likeness (QED) is 0.678. The molecule has 0 saturated heterocycles. The SMILES string of the molecule is COc1csc(C(C)(C)C)c1Cl. The summed E-state index contributed by atoms with van der Waals surface area (Å²) in [5.74, 6) is 0.784. The Morgan fingerprint density at radius 3 is 2.25 bits per heavy atom. The Hall–Kier alpha value is -0.210. The minimum absolute atomic E-state index is 0.110. The molecule has 0 aromatic carbocycles. The van der Waals surface area contributed by atoms with E-state index in [9.17, 15) is 0 Å². The van der Waals surface area contributed by atoms with Crippen LogP contribution in [0, 0.1) is 0 Å². The van der Waals surface area contributed by atoms with Gasteiger partial charge in [0.2, 0.25) is 0 Å². The fourth-order valence-electron chi connectivity index (χ4n) is 0.972. The van der Waals surface area contributed by atoms with Gasteiger partial charge in [0, 0.05) is 10.3 Å². The van der Waals surface area contributed by atoms with Crippen LogP contribution >= 0.6 is 22.9 Å². The van der Waals surface area contributed by atoms with Crippen LogP contribution in [-0.4, -0.2) is 7.11 Å². The first-order valence-corrected chi connectivity index (χ1v) is 5.04. The zero-order valence-corrected chi connectivity index (χ0v) is 9.34. The number of ether oxygens (including phenoxy) is 1. The van der Waals surface area contributed by atoms with Gasteiger partial charge < -0.3 is 4.74 Å². The standard InChI is InChI=1S/C9H13ClOS/c1-9(2,3)8-7(10)6(11-4)5-12-8/h5H,1-4H3. The summed E-state index contributed by atoms with van der Waals surface area (Å²) in [5.41, 5.74) is 0.110. The fourth-order valence-corrected chi connectivity index (χ4v) is 2.58. The molecule has 3 heteroatoms. The van der Waals surface area contributed by atoms with E-state index in [2.05, 4.69) is 20.8 Å².